The van der Waals surface area contributed by atoms with Crippen molar-refractivity contribution in [1.29, 1.82) is 5.26 Å². The highest BCUT2D eigenvalue weighted by molar-refractivity contribution is 5.83. The van der Waals surface area contributed by atoms with Gasteiger partial charge in [-0.3, -0.25) is 0 Å². The Morgan fingerprint density at radius 1 is 1.04 bits per heavy atom. The van der Waals surface area contributed by atoms with E-state index in [1.54, 1.807) is 42.5 Å². The van der Waals surface area contributed by atoms with E-state index in [4.69, 9.17) is 23.9 Å². The summed E-state index contributed by atoms with van der Waals surface area (Å²) in [5.41, 5.74) is 1.09. The third-order valence-corrected chi connectivity index (χ3v) is 3.86. The molecule has 0 atom stereocenters. The van der Waals surface area contributed by atoms with E-state index in [1.807, 2.05) is 6.07 Å². The Kier molecular flexibility index (Phi) is 3.75. The first-order valence-electron chi connectivity index (χ1n) is 7.72. The predicted molar refractivity (Wildman–Crippen MR) is 90.0 cm³/mol. The van der Waals surface area contributed by atoms with Gasteiger partial charge in [-0.2, -0.15) is 5.26 Å². The molecule has 6 heteroatoms. The SMILES string of the molecule is N#CCOc1ccc2cc(-c3ccc4c(c3)OCCO4)c(=O)oc2c1. The van der Waals surface area contributed by atoms with Crippen LogP contribution in [0.1, 0.15) is 0 Å². The summed E-state index contributed by atoms with van der Waals surface area (Å²) in [6.45, 7) is 0.930. The number of fused-ring (bicyclic) bond motifs is 2. The van der Waals surface area contributed by atoms with E-state index in [-0.39, 0.29) is 6.61 Å². The normalized spacial score (nSPS) is 12.6. The second-order valence-electron chi connectivity index (χ2n) is 5.45. The molecule has 0 saturated heterocycles. The molecule has 0 bridgehead atoms. The molecule has 6 nitrogen and oxygen atoms in total. The maximum absolute atomic E-state index is 12.4. The van der Waals surface area contributed by atoms with Gasteiger partial charge in [0, 0.05) is 11.5 Å². The first-order chi connectivity index (χ1) is 12.2. The molecule has 3 aromatic rings. The average molecular weight is 335 g/mol. The second-order valence-corrected chi connectivity index (χ2v) is 5.45. The molecule has 2 heterocycles. The van der Waals surface area contributed by atoms with Gasteiger partial charge in [0.1, 0.15) is 30.6 Å². The van der Waals surface area contributed by atoms with Crippen LogP contribution in [0.2, 0.25) is 0 Å². The fourth-order valence-electron chi connectivity index (χ4n) is 2.71. The Bertz CT molecular complexity index is 1050. The van der Waals surface area contributed by atoms with Crippen molar-refractivity contribution in [1.82, 2.24) is 0 Å². The first-order valence-corrected chi connectivity index (χ1v) is 7.72. The lowest BCUT2D eigenvalue weighted by molar-refractivity contribution is 0.171. The number of nitriles is 1. The zero-order valence-electron chi connectivity index (χ0n) is 13.2. The molecule has 1 aliphatic rings. The smallest absolute Gasteiger partial charge is 0.344 e. The third kappa shape index (κ3) is 2.88. The van der Waals surface area contributed by atoms with Gasteiger partial charge in [0.05, 0.1) is 5.56 Å². The summed E-state index contributed by atoms with van der Waals surface area (Å²) >= 11 is 0. The number of rotatable bonds is 3. The molecule has 25 heavy (non-hydrogen) atoms. The lowest BCUT2D eigenvalue weighted by atomic mass is 10.1. The van der Waals surface area contributed by atoms with Gasteiger partial charge in [0.15, 0.2) is 18.1 Å². The average Bonchev–Trinajstić information content (AvgIpc) is 2.65. The molecular formula is C19H13NO5. The van der Waals surface area contributed by atoms with Crippen LogP contribution in [0.5, 0.6) is 17.2 Å². The molecule has 1 aliphatic heterocycles. The van der Waals surface area contributed by atoms with Crippen molar-refractivity contribution in [3.05, 3.63) is 52.9 Å². The van der Waals surface area contributed by atoms with E-state index < -0.39 is 5.63 Å². The summed E-state index contributed by atoms with van der Waals surface area (Å²) in [4.78, 5) is 12.4. The largest absolute Gasteiger partial charge is 0.486 e. The molecule has 2 aromatic carbocycles. The Balaban J connectivity index is 1.76. The lowest BCUT2D eigenvalue weighted by Gasteiger charge is -2.18. The summed E-state index contributed by atoms with van der Waals surface area (Å²) in [6, 6.07) is 14.1. The van der Waals surface area contributed by atoms with Crippen LogP contribution in [0.3, 0.4) is 0 Å². The van der Waals surface area contributed by atoms with E-state index in [9.17, 15) is 4.79 Å². The molecule has 124 valence electrons. The minimum Gasteiger partial charge on any atom is -0.486 e. The molecular weight excluding hydrogens is 322 g/mol. The van der Waals surface area contributed by atoms with Crippen LogP contribution in [0.4, 0.5) is 0 Å². The van der Waals surface area contributed by atoms with Crippen LogP contribution in [0.15, 0.2) is 51.7 Å². The first kappa shape index (κ1) is 15.1. The van der Waals surface area contributed by atoms with Gasteiger partial charge in [-0.25, -0.2) is 4.79 Å². The van der Waals surface area contributed by atoms with Crippen molar-refractivity contribution in [2.45, 2.75) is 0 Å². The van der Waals surface area contributed by atoms with Crippen LogP contribution in [-0.2, 0) is 0 Å². The number of hydrogen-bond donors (Lipinski definition) is 0. The maximum Gasteiger partial charge on any atom is 0.344 e. The highest BCUT2D eigenvalue weighted by Crippen LogP contribution is 2.34. The quantitative estimate of drug-likeness (QED) is 0.684. The van der Waals surface area contributed by atoms with Crippen molar-refractivity contribution in [2.75, 3.05) is 19.8 Å². The van der Waals surface area contributed by atoms with Crippen molar-refractivity contribution < 1.29 is 18.6 Å². The van der Waals surface area contributed by atoms with E-state index in [2.05, 4.69) is 0 Å². The van der Waals surface area contributed by atoms with Crippen molar-refractivity contribution >= 4 is 11.0 Å². The zero-order valence-corrected chi connectivity index (χ0v) is 13.2. The van der Waals surface area contributed by atoms with Gasteiger partial charge >= 0.3 is 5.63 Å². The molecule has 1 aromatic heterocycles. The molecule has 0 saturated carbocycles. The molecule has 0 spiro atoms. The number of ether oxygens (including phenoxy) is 3. The molecule has 4 rings (SSSR count). The second kappa shape index (κ2) is 6.21. The summed E-state index contributed by atoms with van der Waals surface area (Å²) in [5.74, 6) is 1.76. The zero-order chi connectivity index (χ0) is 17.2. The number of nitrogens with zero attached hydrogens (tertiary/aromatic N) is 1. The predicted octanol–water partition coefficient (Wildman–Crippen LogP) is 3.13. The van der Waals surface area contributed by atoms with E-state index in [0.717, 1.165) is 5.39 Å². The fourth-order valence-corrected chi connectivity index (χ4v) is 2.71. The van der Waals surface area contributed by atoms with Crippen molar-refractivity contribution in [2.24, 2.45) is 0 Å². The van der Waals surface area contributed by atoms with Crippen LogP contribution in [-0.4, -0.2) is 19.8 Å². The number of benzene rings is 2. The minimum atomic E-state index is -0.457. The van der Waals surface area contributed by atoms with Gasteiger partial charge in [0.25, 0.3) is 0 Å². The van der Waals surface area contributed by atoms with Gasteiger partial charge < -0.3 is 18.6 Å². The monoisotopic (exact) mass is 335 g/mol. The minimum absolute atomic E-state index is 0.0645. The van der Waals surface area contributed by atoms with Crippen LogP contribution in [0.25, 0.3) is 22.1 Å². The Morgan fingerprint density at radius 2 is 1.88 bits per heavy atom. The van der Waals surface area contributed by atoms with Gasteiger partial charge in [0.2, 0.25) is 0 Å². The summed E-state index contributed by atoms with van der Waals surface area (Å²) in [6.07, 6.45) is 0. The van der Waals surface area contributed by atoms with E-state index >= 15 is 0 Å². The highest BCUT2D eigenvalue weighted by atomic mass is 16.6. The highest BCUT2D eigenvalue weighted by Gasteiger charge is 2.15. The summed E-state index contributed by atoms with van der Waals surface area (Å²) in [5, 5.41) is 9.32. The standard InChI is InChI=1S/C19H13NO5/c20-5-6-22-14-3-1-13-9-15(19(21)25-17(13)11-14)12-2-4-16-18(10-12)24-8-7-23-16/h1-4,9-11H,6-8H2. The third-order valence-electron chi connectivity index (χ3n) is 3.86. The van der Waals surface area contributed by atoms with E-state index in [1.165, 1.54) is 0 Å². The van der Waals surface area contributed by atoms with Crippen molar-refractivity contribution in [3.63, 3.8) is 0 Å². The van der Waals surface area contributed by atoms with Crippen molar-refractivity contribution in [3.8, 4) is 34.4 Å². The van der Waals surface area contributed by atoms with Gasteiger partial charge in [-0.1, -0.05) is 6.07 Å². The molecule has 0 radical (unpaired) electrons. The molecule has 0 fully saturated rings. The van der Waals surface area contributed by atoms with Crippen LogP contribution >= 0.6 is 0 Å². The molecule has 0 amide bonds. The lowest BCUT2D eigenvalue weighted by Crippen LogP contribution is -2.15. The molecule has 0 aliphatic carbocycles. The fraction of sp³-hybridized carbons (Fsp3) is 0.158. The molecule has 0 N–H and O–H groups in total. The summed E-state index contributed by atoms with van der Waals surface area (Å²) < 4.78 is 21.7. The Labute approximate surface area is 142 Å². The van der Waals surface area contributed by atoms with Gasteiger partial charge in [-0.05, 0) is 35.9 Å². The van der Waals surface area contributed by atoms with Crippen LogP contribution in [0, 0.1) is 11.3 Å². The Hall–Kier alpha value is -3.46. The molecule has 0 unspecified atom stereocenters. The Morgan fingerprint density at radius 3 is 2.72 bits per heavy atom. The topological polar surface area (TPSA) is 81.7 Å². The van der Waals surface area contributed by atoms with Gasteiger partial charge in [-0.15, -0.1) is 0 Å². The van der Waals surface area contributed by atoms with Crippen LogP contribution < -0.4 is 19.8 Å². The number of hydrogen-bond acceptors (Lipinski definition) is 6. The maximum atomic E-state index is 12.4. The van der Waals surface area contributed by atoms with E-state index in [0.29, 0.717) is 47.2 Å². The summed E-state index contributed by atoms with van der Waals surface area (Å²) in [7, 11) is 0.